The van der Waals surface area contributed by atoms with Crippen LogP contribution in [-0.2, 0) is 19.1 Å². The number of carbonyl (C=O) groups is 2. The van der Waals surface area contributed by atoms with Crippen molar-refractivity contribution in [2.75, 3.05) is 18.5 Å². The molecule has 2 aliphatic heterocycles. The highest BCUT2D eigenvalue weighted by molar-refractivity contribution is 5.77. The lowest BCUT2D eigenvalue weighted by molar-refractivity contribution is -0.137. The van der Waals surface area contributed by atoms with Gasteiger partial charge in [-0.15, -0.1) is 0 Å². The van der Waals surface area contributed by atoms with Gasteiger partial charge in [0.2, 0.25) is 11.9 Å². The number of aromatic nitrogens is 2. The van der Waals surface area contributed by atoms with Gasteiger partial charge in [-0.05, 0) is 24.6 Å². The van der Waals surface area contributed by atoms with Crippen LogP contribution in [0.15, 0.2) is 36.5 Å². The van der Waals surface area contributed by atoms with Crippen LogP contribution >= 0.6 is 0 Å². The molecule has 10 heteroatoms. The molecule has 164 valence electrons. The van der Waals surface area contributed by atoms with Crippen molar-refractivity contribution < 1.29 is 28.6 Å². The molecule has 2 saturated heterocycles. The third kappa shape index (κ3) is 5.15. The van der Waals surface area contributed by atoms with Crippen molar-refractivity contribution in [3.05, 3.63) is 42.3 Å². The van der Waals surface area contributed by atoms with Crippen LogP contribution in [0.25, 0.3) is 11.3 Å². The Morgan fingerprint density at radius 2 is 1.90 bits per heavy atom. The molecule has 0 aliphatic carbocycles. The van der Waals surface area contributed by atoms with Crippen LogP contribution in [0.5, 0.6) is 0 Å². The lowest BCUT2D eigenvalue weighted by Crippen LogP contribution is -2.44. The zero-order chi connectivity index (χ0) is 21.8. The molecule has 2 fully saturated rings. The van der Waals surface area contributed by atoms with Gasteiger partial charge < -0.3 is 25.2 Å². The standard InChI is InChI=1S/C21H23FN4O5/c22-13-4-1-3-12(9-13)14-7-8-23-21(25-14)26-16-11-31-19-15(10-30-20(16)19)24-17(27)5-2-6-18(28)29/h1,3-4,7-9,15-16,19-20H,2,5-6,10-11H2,(H,24,27)(H,28,29)(H,23,25,26). The average molecular weight is 430 g/mol. The summed E-state index contributed by atoms with van der Waals surface area (Å²) in [6.45, 7) is 0.663. The molecular weight excluding hydrogens is 407 g/mol. The third-order valence-electron chi connectivity index (χ3n) is 5.28. The first-order valence-corrected chi connectivity index (χ1v) is 10.1. The lowest BCUT2D eigenvalue weighted by Gasteiger charge is -2.18. The molecule has 1 amide bonds. The van der Waals surface area contributed by atoms with Crippen LogP contribution < -0.4 is 10.6 Å². The van der Waals surface area contributed by atoms with Gasteiger partial charge in [0.05, 0.1) is 31.0 Å². The topological polar surface area (TPSA) is 123 Å². The van der Waals surface area contributed by atoms with E-state index in [1.54, 1.807) is 24.4 Å². The Bertz CT molecular complexity index is 959. The highest BCUT2D eigenvalue weighted by Crippen LogP contribution is 2.29. The van der Waals surface area contributed by atoms with E-state index >= 15 is 0 Å². The maximum Gasteiger partial charge on any atom is 0.303 e. The number of carboxylic acid groups (broad SMARTS) is 1. The molecule has 4 atom stereocenters. The number of benzene rings is 1. The highest BCUT2D eigenvalue weighted by Gasteiger charge is 2.48. The first-order valence-electron chi connectivity index (χ1n) is 10.1. The molecule has 3 N–H and O–H groups in total. The van der Waals surface area contributed by atoms with Gasteiger partial charge in [0, 0.05) is 24.6 Å². The second-order valence-corrected chi connectivity index (χ2v) is 7.54. The van der Waals surface area contributed by atoms with Gasteiger partial charge in [0.15, 0.2) is 0 Å². The smallest absolute Gasteiger partial charge is 0.303 e. The summed E-state index contributed by atoms with van der Waals surface area (Å²) in [4.78, 5) is 31.3. The summed E-state index contributed by atoms with van der Waals surface area (Å²) >= 11 is 0. The first-order chi connectivity index (χ1) is 15.0. The molecule has 1 aromatic carbocycles. The Balaban J connectivity index is 1.34. The molecule has 9 nitrogen and oxygen atoms in total. The van der Waals surface area contributed by atoms with Crippen LogP contribution in [-0.4, -0.2) is 64.5 Å². The Morgan fingerprint density at radius 3 is 2.68 bits per heavy atom. The molecule has 2 aliphatic rings. The fourth-order valence-corrected chi connectivity index (χ4v) is 3.83. The molecule has 0 spiro atoms. The minimum atomic E-state index is -0.922. The summed E-state index contributed by atoms with van der Waals surface area (Å²) in [5.74, 6) is -1.11. The van der Waals surface area contributed by atoms with Crippen molar-refractivity contribution in [3.8, 4) is 11.3 Å². The van der Waals surface area contributed by atoms with Crippen LogP contribution in [0, 0.1) is 5.82 Å². The fraction of sp³-hybridized carbons (Fsp3) is 0.429. The van der Waals surface area contributed by atoms with E-state index in [0.29, 0.717) is 30.4 Å². The van der Waals surface area contributed by atoms with Crippen molar-refractivity contribution in [2.45, 2.75) is 43.6 Å². The lowest BCUT2D eigenvalue weighted by atomic mass is 10.1. The third-order valence-corrected chi connectivity index (χ3v) is 5.28. The molecule has 0 saturated carbocycles. The van der Waals surface area contributed by atoms with Gasteiger partial charge in [-0.3, -0.25) is 9.59 Å². The Kier molecular flexibility index (Phi) is 6.38. The van der Waals surface area contributed by atoms with Crippen LogP contribution in [0.1, 0.15) is 19.3 Å². The number of carboxylic acids is 1. The van der Waals surface area contributed by atoms with Crippen LogP contribution in [0.3, 0.4) is 0 Å². The van der Waals surface area contributed by atoms with E-state index in [0.717, 1.165) is 0 Å². The number of anilines is 1. The van der Waals surface area contributed by atoms with E-state index in [9.17, 15) is 14.0 Å². The molecule has 1 aromatic heterocycles. The zero-order valence-corrected chi connectivity index (χ0v) is 16.7. The maximum atomic E-state index is 13.5. The van der Waals surface area contributed by atoms with E-state index in [1.165, 1.54) is 12.1 Å². The Hall–Kier alpha value is -3.11. The van der Waals surface area contributed by atoms with E-state index in [1.807, 2.05) is 0 Å². The Morgan fingerprint density at radius 1 is 1.13 bits per heavy atom. The molecule has 4 unspecified atom stereocenters. The largest absolute Gasteiger partial charge is 0.481 e. The number of fused-ring (bicyclic) bond motifs is 1. The van der Waals surface area contributed by atoms with Crippen LogP contribution in [0.4, 0.5) is 10.3 Å². The van der Waals surface area contributed by atoms with Crippen LogP contribution in [0.2, 0.25) is 0 Å². The second kappa shape index (κ2) is 9.36. The van der Waals surface area contributed by atoms with Gasteiger partial charge in [-0.2, -0.15) is 0 Å². The number of halogens is 1. The van der Waals surface area contributed by atoms with E-state index in [-0.39, 0.29) is 55.3 Å². The quantitative estimate of drug-likeness (QED) is 0.577. The Labute approximate surface area is 178 Å². The zero-order valence-electron chi connectivity index (χ0n) is 16.7. The fourth-order valence-electron chi connectivity index (χ4n) is 3.83. The average Bonchev–Trinajstić information content (AvgIpc) is 3.31. The summed E-state index contributed by atoms with van der Waals surface area (Å²) in [6, 6.07) is 7.38. The van der Waals surface area contributed by atoms with Crippen molar-refractivity contribution in [1.29, 1.82) is 0 Å². The van der Waals surface area contributed by atoms with E-state index in [2.05, 4.69) is 20.6 Å². The molecule has 31 heavy (non-hydrogen) atoms. The van der Waals surface area contributed by atoms with Gasteiger partial charge in [0.1, 0.15) is 18.0 Å². The minimum Gasteiger partial charge on any atom is -0.481 e. The number of hydrogen-bond acceptors (Lipinski definition) is 7. The highest BCUT2D eigenvalue weighted by atomic mass is 19.1. The number of carbonyl (C=O) groups excluding carboxylic acids is 1. The summed E-state index contributed by atoms with van der Waals surface area (Å²) in [5, 5.41) is 14.8. The normalized spacial score (nSPS) is 24.5. The number of rotatable bonds is 8. The summed E-state index contributed by atoms with van der Waals surface area (Å²) in [5.41, 5.74) is 1.24. The molecule has 0 bridgehead atoms. The number of aliphatic carboxylic acids is 1. The molecule has 3 heterocycles. The maximum absolute atomic E-state index is 13.5. The second-order valence-electron chi connectivity index (χ2n) is 7.54. The van der Waals surface area contributed by atoms with Gasteiger partial charge in [-0.25, -0.2) is 14.4 Å². The van der Waals surface area contributed by atoms with Gasteiger partial charge >= 0.3 is 5.97 Å². The molecule has 2 aromatic rings. The molecular formula is C21H23FN4O5. The number of nitrogens with one attached hydrogen (secondary N) is 2. The SMILES string of the molecule is O=C(O)CCCC(=O)NC1COC2C(Nc3nccc(-c4cccc(F)c4)n3)COC12. The molecule has 4 rings (SSSR count). The summed E-state index contributed by atoms with van der Waals surface area (Å²) in [7, 11) is 0. The van der Waals surface area contributed by atoms with E-state index < -0.39 is 5.97 Å². The van der Waals surface area contributed by atoms with Crippen molar-refractivity contribution in [3.63, 3.8) is 0 Å². The number of ether oxygens (including phenoxy) is 2. The first kappa shape index (κ1) is 21.1. The number of amides is 1. The predicted molar refractivity (Wildman–Crippen MR) is 108 cm³/mol. The van der Waals surface area contributed by atoms with Crippen molar-refractivity contribution in [2.24, 2.45) is 0 Å². The van der Waals surface area contributed by atoms with Gasteiger partial charge in [-0.1, -0.05) is 12.1 Å². The van der Waals surface area contributed by atoms with Gasteiger partial charge in [0.25, 0.3) is 0 Å². The predicted octanol–water partition coefficient (Wildman–Crippen LogP) is 1.60. The summed E-state index contributed by atoms with van der Waals surface area (Å²) < 4.78 is 25.2. The van der Waals surface area contributed by atoms with Crippen molar-refractivity contribution in [1.82, 2.24) is 15.3 Å². The van der Waals surface area contributed by atoms with Crippen molar-refractivity contribution >= 4 is 17.8 Å². The van der Waals surface area contributed by atoms with E-state index in [4.69, 9.17) is 14.6 Å². The molecule has 0 radical (unpaired) electrons. The number of hydrogen-bond donors (Lipinski definition) is 3. The minimum absolute atomic E-state index is 0.0438. The summed E-state index contributed by atoms with van der Waals surface area (Å²) in [6.07, 6.45) is 1.38. The monoisotopic (exact) mass is 430 g/mol. The number of nitrogens with zero attached hydrogens (tertiary/aromatic N) is 2.